The fourth-order valence-electron chi connectivity index (χ4n) is 4.19. The predicted molar refractivity (Wildman–Crippen MR) is 115 cm³/mol. The molecule has 5 aromatic rings. The minimum atomic E-state index is 1.04. The van der Waals surface area contributed by atoms with Gasteiger partial charge in [0, 0.05) is 27.9 Å². The molecule has 0 bridgehead atoms. The number of H-pyrrole nitrogens is 1. The van der Waals surface area contributed by atoms with E-state index < -0.39 is 0 Å². The number of benzene rings is 4. The summed E-state index contributed by atoms with van der Waals surface area (Å²) < 4.78 is 0. The Morgan fingerprint density at radius 1 is 0.643 bits per heavy atom. The number of aromatic amines is 1. The van der Waals surface area contributed by atoms with Gasteiger partial charge in [-0.05, 0) is 36.4 Å². The summed E-state index contributed by atoms with van der Waals surface area (Å²) in [7, 11) is 0. The van der Waals surface area contributed by atoms with Crippen LogP contribution in [0.3, 0.4) is 0 Å². The smallest absolute Gasteiger partial charge is 0.244 e. The van der Waals surface area contributed by atoms with Crippen LogP contribution in [0.1, 0.15) is 5.56 Å². The molecule has 1 atom stereocenters. The molecule has 1 aliphatic rings. The molecule has 28 heavy (non-hydrogen) atoms. The van der Waals surface area contributed by atoms with Crippen LogP contribution >= 0.6 is 0 Å². The number of fused-ring (bicyclic) bond motifs is 4. The average Bonchev–Trinajstić information content (AvgIpc) is 3.32. The number of aromatic nitrogens is 1. The first-order valence-electron chi connectivity index (χ1n) is 9.50. The van der Waals surface area contributed by atoms with Gasteiger partial charge < -0.3 is 4.98 Å². The van der Waals surface area contributed by atoms with Crippen LogP contribution in [-0.4, -0.2) is 10.8 Å². The molecule has 0 amide bonds. The molecule has 2 N–H and O–H groups in total. The maximum Gasteiger partial charge on any atom is 0.244 e. The lowest BCUT2D eigenvalue weighted by Gasteiger charge is -2.15. The minimum Gasteiger partial charge on any atom is -0.354 e. The molecular formula is C25H18N3+. The molecule has 0 saturated carbocycles. The molecular weight excluding hydrogens is 342 g/mol. The van der Waals surface area contributed by atoms with Crippen LogP contribution in [0.15, 0.2) is 102 Å². The predicted octanol–water partition coefficient (Wildman–Crippen LogP) is 5.26. The second-order valence-corrected chi connectivity index (χ2v) is 7.15. The molecule has 1 aromatic heterocycles. The zero-order chi connectivity index (χ0) is 18.5. The second kappa shape index (κ2) is 5.91. The highest BCUT2D eigenvalue weighted by molar-refractivity contribution is 6.10. The molecule has 0 radical (unpaired) electrons. The summed E-state index contributed by atoms with van der Waals surface area (Å²) in [6, 6.07) is 34.0. The van der Waals surface area contributed by atoms with Crippen molar-refractivity contribution in [3.05, 3.63) is 103 Å². The first-order valence-corrected chi connectivity index (χ1v) is 9.50. The first-order chi connectivity index (χ1) is 13.9. The summed E-state index contributed by atoms with van der Waals surface area (Å²) in [5.41, 5.74) is 6.87. The SMILES string of the molecule is c1ccc([NH+]2C(c3ccc4c(c3)[nH]c3ccccc34)=Nc3ccccc32)cc1. The molecule has 132 valence electrons. The highest BCUT2D eigenvalue weighted by Crippen LogP contribution is 2.30. The zero-order valence-corrected chi connectivity index (χ0v) is 15.2. The molecule has 1 aliphatic heterocycles. The Bertz CT molecular complexity index is 1360. The normalized spacial score (nSPS) is 15.7. The van der Waals surface area contributed by atoms with Gasteiger partial charge in [0.05, 0.1) is 5.56 Å². The number of nitrogens with one attached hydrogen (secondary N) is 2. The van der Waals surface area contributed by atoms with E-state index in [1.807, 2.05) is 0 Å². The highest BCUT2D eigenvalue weighted by atomic mass is 15.2. The van der Waals surface area contributed by atoms with Crippen molar-refractivity contribution in [2.75, 3.05) is 0 Å². The number of aliphatic imine (C=N–C) groups is 1. The van der Waals surface area contributed by atoms with Crippen LogP contribution in [-0.2, 0) is 0 Å². The van der Waals surface area contributed by atoms with Gasteiger partial charge in [0.25, 0.3) is 0 Å². The van der Waals surface area contributed by atoms with E-state index in [2.05, 4.69) is 102 Å². The van der Waals surface area contributed by atoms with Gasteiger partial charge in [0.15, 0.2) is 5.69 Å². The molecule has 2 heterocycles. The molecule has 0 fully saturated rings. The summed E-state index contributed by atoms with van der Waals surface area (Å²) in [6.45, 7) is 0. The van der Waals surface area contributed by atoms with Gasteiger partial charge in [-0.25, -0.2) is 4.90 Å². The largest absolute Gasteiger partial charge is 0.354 e. The Balaban J connectivity index is 1.55. The Kier molecular flexibility index (Phi) is 3.25. The molecule has 6 rings (SSSR count). The Morgan fingerprint density at radius 2 is 1.39 bits per heavy atom. The second-order valence-electron chi connectivity index (χ2n) is 7.15. The van der Waals surface area contributed by atoms with Crippen LogP contribution in [0.4, 0.5) is 17.1 Å². The van der Waals surface area contributed by atoms with Crippen molar-refractivity contribution >= 4 is 44.7 Å². The first kappa shape index (κ1) is 15.4. The van der Waals surface area contributed by atoms with Crippen molar-refractivity contribution in [3.63, 3.8) is 0 Å². The van der Waals surface area contributed by atoms with E-state index in [9.17, 15) is 0 Å². The maximum atomic E-state index is 5.01. The van der Waals surface area contributed by atoms with Gasteiger partial charge in [0.2, 0.25) is 5.84 Å². The third kappa shape index (κ3) is 2.24. The topological polar surface area (TPSA) is 32.6 Å². The van der Waals surface area contributed by atoms with E-state index in [1.54, 1.807) is 0 Å². The monoisotopic (exact) mass is 360 g/mol. The lowest BCUT2D eigenvalue weighted by Crippen LogP contribution is -3.04. The summed E-state index contributed by atoms with van der Waals surface area (Å²) in [4.78, 5) is 9.76. The van der Waals surface area contributed by atoms with Crippen LogP contribution < -0.4 is 4.90 Å². The Morgan fingerprint density at radius 3 is 2.32 bits per heavy atom. The van der Waals surface area contributed by atoms with Gasteiger partial charge in [0.1, 0.15) is 11.4 Å². The van der Waals surface area contributed by atoms with E-state index in [1.165, 1.54) is 32.6 Å². The third-order valence-corrected chi connectivity index (χ3v) is 5.48. The molecule has 1 unspecified atom stereocenters. The van der Waals surface area contributed by atoms with Crippen molar-refractivity contribution in [2.45, 2.75) is 0 Å². The van der Waals surface area contributed by atoms with Gasteiger partial charge >= 0.3 is 0 Å². The lowest BCUT2D eigenvalue weighted by molar-refractivity contribution is -0.645. The van der Waals surface area contributed by atoms with Crippen molar-refractivity contribution in [1.29, 1.82) is 0 Å². The van der Waals surface area contributed by atoms with Crippen LogP contribution in [0.25, 0.3) is 21.8 Å². The van der Waals surface area contributed by atoms with E-state index in [0.29, 0.717) is 0 Å². The van der Waals surface area contributed by atoms with E-state index in [-0.39, 0.29) is 0 Å². The zero-order valence-electron chi connectivity index (χ0n) is 15.2. The van der Waals surface area contributed by atoms with Crippen molar-refractivity contribution < 1.29 is 4.90 Å². The molecule has 0 spiro atoms. The number of nitrogens with zero attached hydrogens (tertiary/aromatic N) is 1. The van der Waals surface area contributed by atoms with Crippen LogP contribution in [0.2, 0.25) is 0 Å². The quantitative estimate of drug-likeness (QED) is 0.430. The van der Waals surface area contributed by atoms with Crippen LogP contribution in [0, 0.1) is 0 Å². The van der Waals surface area contributed by atoms with E-state index in [4.69, 9.17) is 4.99 Å². The van der Waals surface area contributed by atoms with Gasteiger partial charge in [-0.2, -0.15) is 4.99 Å². The maximum absolute atomic E-state index is 5.01. The fourth-order valence-corrected chi connectivity index (χ4v) is 4.19. The fraction of sp³-hybridized carbons (Fsp3) is 0. The Hall–Kier alpha value is -3.69. The van der Waals surface area contributed by atoms with Crippen molar-refractivity contribution in [1.82, 2.24) is 4.98 Å². The molecule has 0 aliphatic carbocycles. The van der Waals surface area contributed by atoms with Crippen molar-refractivity contribution in [3.8, 4) is 0 Å². The number of para-hydroxylation sites is 4. The molecule has 4 aromatic carbocycles. The minimum absolute atomic E-state index is 1.04. The van der Waals surface area contributed by atoms with Gasteiger partial charge in [-0.15, -0.1) is 0 Å². The van der Waals surface area contributed by atoms with E-state index in [0.717, 1.165) is 22.6 Å². The Labute approximate surface area is 162 Å². The average molecular weight is 360 g/mol. The summed E-state index contributed by atoms with van der Waals surface area (Å²) in [5.74, 6) is 1.04. The molecule has 3 nitrogen and oxygen atoms in total. The summed E-state index contributed by atoms with van der Waals surface area (Å²) >= 11 is 0. The van der Waals surface area contributed by atoms with Crippen molar-refractivity contribution in [2.24, 2.45) is 4.99 Å². The van der Waals surface area contributed by atoms with Crippen LogP contribution in [0.5, 0.6) is 0 Å². The van der Waals surface area contributed by atoms with E-state index >= 15 is 0 Å². The van der Waals surface area contributed by atoms with Gasteiger partial charge in [-0.1, -0.05) is 54.6 Å². The van der Waals surface area contributed by atoms with Gasteiger partial charge in [-0.3, -0.25) is 0 Å². The number of quaternary nitrogens is 1. The summed E-state index contributed by atoms with van der Waals surface area (Å²) in [5, 5.41) is 2.50. The number of amidine groups is 1. The third-order valence-electron chi connectivity index (χ3n) is 5.48. The molecule has 0 saturated heterocycles. The number of hydrogen-bond acceptors (Lipinski definition) is 1. The highest BCUT2D eigenvalue weighted by Gasteiger charge is 2.32. The molecule has 3 heteroatoms. The standard InChI is InChI=1S/C25H17N3/c1-2-8-18(9-3-1)28-24-13-7-6-12-22(24)27-25(28)17-14-15-20-19-10-4-5-11-21(19)26-23(20)16-17/h1-16,26H/p+1. The summed E-state index contributed by atoms with van der Waals surface area (Å²) in [6.07, 6.45) is 0. The lowest BCUT2D eigenvalue weighted by atomic mass is 10.1. The number of hydrogen-bond donors (Lipinski definition) is 2. The number of rotatable bonds is 2.